The van der Waals surface area contributed by atoms with Crippen molar-refractivity contribution in [3.63, 3.8) is 0 Å². The maximum Gasteiger partial charge on any atom is 0.400 e. The predicted octanol–water partition coefficient (Wildman–Crippen LogP) is 12.6. The second-order valence-corrected chi connectivity index (χ2v) is 16.1. The van der Waals surface area contributed by atoms with Crippen LogP contribution in [-0.2, 0) is 9.47 Å². The maximum atomic E-state index is 15.1. The highest BCUT2D eigenvalue weighted by Gasteiger charge is 2.69. The lowest BCUT2D eigenvalue weighted by atomic mass is 9.74. The minimum Gasteiger partial charge on any atom is -0.432 e. The van der Waals surface area contributed by atoms with E-state index in [0.29, 0.717) is 44.0 Å². The van der Waals surface area contributed by atoms with Gasteiger partial charge in [-0.1, -0.05) is 64.9 Å². The lowest BCUT2D eigenvalue weighted by Gasteiger charge is -2.41. The Morgan fingerprint density at radius 1 is 0.729 bits per heavy atom. The van der Waals surface area contributed by atoms with Crippen LogP contribution in [0.5, 0.6) is 5.75 Å². The van der Waals surface area contributed by atoms with Crippen molar-refractivity contribution in [1.82, 2.24) is 0 Å². The van der Waals surface area contributed by atoms with E-state index in [1.807, 2.05) is 0 Å². The number of unbranched alkanes of at least 4 members (excludes halogenated alkanes) is 2. The predicted molar refractivity (Wildman–Crippen MR) is 163 cm³/mol. The van der Waals surface area contributed by atoms with Crippen LogP contribution >= 0.6 is 10.2 Å². The van der Waals surface area contributed by atoms with Crippen molar-refractivity contribution in [2.75, 3.05) is 13.2 Å². The second-order valence-electron chi connectivity index (χ2n) is 13.7. The third kappa shape index (κ3) is 8.93. The van der Waals surface area contributed by atoms with Gasteiger partial charge in [-0.3, -0.25) is 0 Å². The van der Waals surface area contributed by atoms with Gasteiger partial charge >= 0.3 is 16.3 Å². The fourth-order valence-corrected chi connectivity index (χ4v) is 8.41. The lowest BCUT2D eigenvalue weighted by Crippen LogP contribution is -2.43. The molecule has 2 aliphatic carbocycles. The van der Waals surface area contributed by atoms with Gasteiger partial charge in [-0.05, 0) is 80.2 Å². The zero-order chi connectivity index (χ0) is 35.0. The molecule has 2 aromatic carbocycles. The third-order valence-electron chi connectivity index (χ3n) is 10.2. The Hall–Kier alpha value is -2.19. The minimum atomic E-state index is -10.7. The van der Waals surface area contributed by atoms with E-state index in [1.54, 1.807) is 0 Å². The molecule has 1 saturated heterocycles. The molecule has 1 heterocycles. The summed E-state index contributed by atoms with van der Waals surface area (Å²) in [5.41, 5.74) is -1.55. The fourth-order valence-electron chi connectivity index (χ4n) is 7.55. The summed E-state index contributed by atoms with van der Waals surface area (Å²) in [6, 6.07) is 1.91. The van der Waals surface area contributed by atoms with E-state index < -0.39 is 67.8 Å². The van der Waals surface area contributed by atoms with Crippen LogP contribution in [0.3, 0.4) is 0 Å². The first kappa shape index (κ1) is 37.1. The van der Waals surface area contributed by atoms with Crippen molar-refractivity contribution in [3.8, 4) is 16.9 Å². The molecule has 1 aliphatic heterocycles. The summed E-state index contributed by atoms with van der Waals surface area (Å²) in [4.78, 5) is -3.34. The molecule has 0 bridgehead atoms. The average Bonchev–Trinajstić information content (AvgIpc) is 3.00. The highest BCUT2D eigenvalue weighted by molar-refractivity contribution is 8.45. The van der Waals surface area contributed by atoms with Gasteiger partial charge in [0.2, 0.25) is 0 Å². The van der Waals surface area contributed by atoms with Crippen LogP contribution in [0.25, 0.3) is 11.1 Å². The van der Waals surface area contributed by atoms with Crippen molar-refractivity contribution < 1.29 is 55.6 Å². The van der Waals surface area contributed by atoms with Crippen molar-refractivity contribution in [2.24, 2.45) is 29.6 Å². The number of hydrogen-bond acceptors (Lipinski definition) is 3. The largest absolute Gasteiger partial charge is 0.432 e. The Morgan fingerprint density at radius 2 is 1.31 bits per heavy atom. The molecule has 2 saturated carbocycles. The van der Waals surface area contributed by atoms with Crippen molar-refractivity contribution >= 4 is 10.2 Å². The van der Waals surface area contributed by atoms with Crippen molar-refractivity contribution in [1.29, 1.82) is 0 Å². The molecule has 2 aromatic rings. The van der Waals surface area contributed by atoms with E-state index in [0.717, 1.165) is 18.1 Å². The quantitative estimate of drug-likeness (QED) is 0.171. The Balaban J connectivity index is 1.11. The third-order valence-corrected chi connectivity index (χ3v) is 11.4. The van der Waals surface area contributed by atoms with E-state index in [4.69, 9.17) is 14.2 Å². The second kappa shape index (κ2) is 13.5. The summed E-state index contributed by atoms with van der Waals surface area (Å²) >= 11 is 0. The molecule has 0 atom stereocenters. The first-order chi connectivity index (χ1) is 22.3. The van der Waals surface area contributed by atoms with Crippen molar-refractivity contribution in [2.45, 2.75) is 101 Å². The molecule has 48 heavy (non-hydrogen) atoms. The molecule has 0 amide bonds. The highest BCUT2D eigenvalue weighted by atomic mass is 32.5. The van der Waals surface area contributed by atoms with Gasteiger partial charge < -0.3 is 14.2 Å². The molecule has 0 N–H and O–H groups in total. The Labute approximate surface area is 274 Å². The molecule has 0 radical (unpaired) electrons. The van der Waals surface area contributed by atoms with E-state index in [2.05, 4.69) is 6.92 Å². The van der Waals surface area contributed by atoms with Gasteiger partial charge in [0, 0.05) is 23.5 Å². The summed E-state index contributed by atoms with van der Waals surface area (Å²) in [6.45, 7) is 3.40. The normalized spacial score (nSPS) is 28.8. The maximum absolute atomic E-state index is 15.1. The van der Waals surface area contributed by atoms with Crippen molar-refractivity contribution in [3.05, 3.63) is 47.8 Å². The molecule has 3 fully saturated rings. The van der Waals surface area contributed by atoms with Gasteiger partial charge in [0.15, 0.2) is 11.2 Å². The minimum absolute atomic E-state index is 0.0598. The van der Waals surface area contributed by atoms with Gasteiger partial charge in [0.05, 0.1) is 19.1 Å². The van der Waals surface area contributed by atoms with Gasteiger partial charge in [0.1, 0.15) is 23.2 Å². The molecule has 272 valence electrons. The molecule has 0 aromatic heterocycles. The Kier molecular flexibility index (Phi) is 10.4. The highest BCUT2D eigenvalue weighted by Crippen LogP contribution is 3.02. The molecule has 0 spiro atoms. The number of ether oxygens (including phenoxy) is 3. The number of hydrogen-bond donors (Lipinski definition) is 0. The van der Waals surface area contributed by atoms with Crippen LogP contribution < -0.4 is 4.74 Å². The number of halogens is 10. The van der Waals surface area contributed by atoms with Crippen LogP contribution in [0.15, 0.2) is 35.2 Å². The topological polar surface area (TPSA) is 27.7 Å². The molecule has 14 heteroatoms. The van der Waals surface area contributed by atoms with Gasteiger partial charge in [-0.25, -0.2) is 13.2 Å². The first-order valence-electron chi connectivity index (χ1n) is 16.7. The van der Waals surface area contributed by atoms with Gasteiger partial charge in [-0.15, -0.1) is 0 Å². The van der Waals surface area contributed by atoms with E-state index in [-0.39, 0.29) is 30.9 Å². The SMILES string of the molecule is CCCCCC1CCC(C2COC(C3CCC(C(F)(F)Oc4ccc(-c5cc(F)c(S(F)(F)(F)(F)F)c(F)c5)c(F)c4)CC3)OC2)CC1. The lowest BCUT2D eigenvalue weighted by molar-refractivity contribution is -0.251. The summed E-state index contributed by atoms with van der Waals surface area (Å²) in [6.07, 6.45) is 6.78. The van der Waals surface area contributed by atoms with Gasteiger partial charge in [-0.2, -0.15) is 8.78 Å². The molecule has 3 aliphatic rings. The first-order valence-corrected chi connectivity index (χ1v) is 18.6. The van der Waals surface area contributed by atoms with E-state index >= 15 is 8.78 Å². The molecule has 5 rings (SSSR count). The molecular weight excluding hydrogens is 678 g/mol. The Bertz CT molecular complexity index is 1390. The Morgan fingerprint density at radius 3 is 1.85 bits per heavy atom. The zero-order valence-electron chi connectivity index (χ0n) is 26.7. The van der Waals surface area contributed by atoms with E-state index in [9.17, 15) is 32.6 Å². The number of alkyl halides is 2. The number of benzene rings is 2. The summed E-state index contributed by atoms with van der Waals surface area (Å²) in [5, 5.41) is 0. The summed E-state index contributed by atoms with van der Waals surface area (Å²) in [7, 11) is -10.7. The smallest absolute Gasteiger partial charge is 0.400 e. The van der Waals surface area contributed by atoms with Crippen LogP contribution in [-0.4, -0.2) is 25.6 Å². The number of rotatable bonds is 11. The standard InChI is InChI=1S/C34H42F10O3S/c1-2-3-4-5-21-6-8-22(9-7-21)25-19-45-33(46-20-25)23-10-12-26(13-11-23)34(38,39)47-27-14-15-28(29(35)18-27)24-16-30(36)32(31(37)17-24)48(40,41,42,43)44/h14-18,21-23,25-26,33H,2-13,19-20H2,1H3. The molecule has 3 nitrogen and oxygen atoms in total. The van der Waals surface area contributed by atoms with Crippen LogP contribution in [0.2, 0.25) is 0 Å². The summed E-state index contributed by atoms with van der Waals surface area (Å²) < 4.78 is 155. The molecule has 0 unspecified atom stereocenters. The van der Waals surface area contributed by atoms with Crippen LogP contribution in [0.4, 0.5) is 41.4 Å². The van der Waals surface area contributed by atoms with Crippen LogP contribution in [0.1, 0.15) is 84.0 Å². The zero-order valence-corrected chi connectivity index (χ0v) is 27.5. The van der Waals surface area contributed by atoms with Gasteiger partial charge in [0.25, 0.3) is 0 Å². The monoisotopic (exact) mass is 720 g/mol. The van der Waals surface area contributed by atoms with E-state index in [1.165, 1.54) is 51.4 Å². The van der Waals surface area contributed by atoms with Crippen LogP contribution in [0, 0.1) is 47.0 Å². The summed E-state index contributed by atoms with van der Waals surface area (Å²) in [5.74, 6) is -6.81. The fraction of sp³-hybridized carbons (Fsp3) is 0.647. The molecular formula is C34H42F10O3S. The average molecular weight is 721 g/mol.